The fraction of sp³-hybridized carbons (Fsp3) is 0. The van der Waals surface area contributed by atoms with Crippen molar-refractivity contribution in [1.29, 1.82) is 0 Å². The van der Waals surface area contributed by atoms with Gasteiger partial charge in [-0.1, -0.05) is 170 Å². The molecule has 0 amide bonds. The Balaban J connectivity index is 0.913. The Bertz CT molecular complexity index is 3260. The molecule has 8 aromatic carbocycles. The molecule has 3 aromatic heterocycles. The molecule has 0 saturated heterocycles. The third-order valence-electron chi connectivity index (χ3n) is 11.9. The van der Waals surface area contributed by atoms with Gasteiger partial charge in [-0.05, 0) is 89.3 Å². The summed E-state index contributed by atoms with van der Waals surface area (Å²) in [7, 11) is 0. The van der Waals surface area contributed by atoms with E-state index in [4.69, 9.17) is 15.0 Å². The number of benzene rings is 8. The first-order valence-corrected chi connectivity index (χ1v) is 20.0. The third kappa shape index (κ3) is 5.34. The first kappa shape index (κ1) is 33.2. The van der Waals surface area contributed by atoms with E-state index < -0.39 is 0 Å². The van der Waals surface area contributed by atoms with Gasteiger partial charge in [-0.3, -0.25) is 9.97 Å². The summed E-state index contributed by atoms with van der Waals surface area (Å²) in [5.74, 6) is 0. The van der Waals surface area contributed by atoms with Crippen LogP contribution in [0.25, 0.3) is 117 Å². The highest BCUT2D eigenvalue weighted by Gasteiger charge is 2.31. The summed E-state index contributed by atoms with van der Waals surface area (Å²) in [5.41, 5.74) is 19.3. The first-order chi connectivity index (χ1) is 29.3. The second-order valence-corrected chi connectivity index (χ2v) is 15.2. The number of aromatic nitrogens is 4. The minimum Gasteiger partial charge on any atom is -0.306 e. The quantitative estimate of drug-likeness (QED) is 0.170. The second-order valence-electron chi connectivity index (χ2n) is 15.2. The summed E-state index contributed by atoms with van der Waals surface area (Å²) in [6.45, 7) is 0. The molecule has 0 spiro atoms. The summed E-state index contributed by atoms with van der Waals surface area (Å²) >= 11 is 0. The van der Waals surface area contributed by atoms with E-state index in [1.165, 1.54) is 77.2 Å². The van der Waals surface area contributed by atoms with E-state index >= 15 is 0 Å². The SMILES string of the molecule is c1ccc(-c2c3c(c(-c4ccccc4)c4ccccc24)-c2ccc(-c4ccc(-c5cnc(-c6ccc(-c7cn8ccccc8n7)cc6)cn5)cc4)c4cccc-3c24)cc1. The van der Waals surface area contributed by atoms with Gasteiger partial charge in [0.1, 0.15) is 5.65 Å². The Hall–Kier alpha value is -7.95. The van der Waals surface area contributed by atoms with Crippen LogP contribution in [-0.2, 0) is 0 Å². The number of hydrogen-bond donors (Lipinski definition) is 0. The highest BCUT2D eigenvalue weighted by atomic mass is 15.0. The second kappa shape index (κ2) is 13.3. The zero-order chi connectivity index (χ0) is 38.9. The van der Waals surface area contributed by atoms with Crippen molar-refractivity contribution >= 4 is 27.2 Å². The molecule has 0 unspecified atom stereocenters. The number of nitrogens with zero attached hydrogens (tertiary/aromatic N) is 4. The van der Waals surface area contributed by atoms with E-state index in [2.05, 4.69) is 170 Å². The van der Waals surface area contributed by atoms with Crippen molar-refractivity contribution in [1.82, 2.24) is 19.4 Å². The van der Waals surface area contributed by atoms with Crippen molar-refractivity contribution in [2.75, 3.05) is 0 Å². The van der Waals surface area contributed by atoms with E-state index in [0.29, 0.717) is 0 Å². The highest BCUT2D eigenvalue weighted by Crippen LogP contribution is 2.58. The van der Waals surface area contributed by atoms with Crippen LogP contribution in [0.2, 0.25) is 0 Å². The van der Waals surface area contributed by atoms with Gasteiger partial charge in [0.25, 0.3) is 0 Å². The van der Waals surface area contributed by atoms with E-state index in [1.807, 2.05) is 41.2 Å². The van der Waals surface area contributed by atoms with Crippen LogP contribution in [0.4, 0.5) is 0 Å². The molecule has 0 N–H and O–H groups in total. The van der Waals surface area contributed by atoms with Gasteiger partial charge in [-0.2, -0.15) is 0 Å². The summed E-state index contributed by atoms with van der Waals surface area (Å²) in [4.78, 5) is 14.4. The zero-order valence-corrected chi connectivity index (χ0v) is 31.9. The summed E-state index contributed by atoms with van der Waals surface area (Å²) < 4.78 is 2.04. The van der Waals surface area contributed by atoms with Gasteiger partial charge >= 0.3 is 0 Å². The molecule has 4 heteroatoms. The summed E-state index contributed by atoms with van der Waals surface area (Å²) in [6, 6.07) is 65.4. The van der Waals surface area contributed by atoms with Gasteiger partial charge in [0.05, 0.1) is 29.5 Å². The molecule has 0 aliphatic heterocycles. The monoisotopic (exact) mass is 750 g/mol. The Kier molecular flexibility index (Phi) is 7.50. The number of hydrogen-bond acceptors (Lipinski definition) is 3. The lowest BCUT2D eigenvalue weighted by atomic mass is 9.82. The van der Waals surface area contributed by atoms with Crippen LogP contribution in [0.5, 0.6) is 0 Å². The van der Waals surface area contributed by atoms with Gasteiger partial charge in [-0.25, -0.2) is 4.98 Å². The number of imidazole rings is 1. The van der Waals surface area contributed by atoms with Gasteiger partial charge in [0, 0.05) is 29.1 Å². The molecule has 1 aliphatic carbocycles. The fourth-order valence-electron chi connectivity index (χ4n) is 9.19. The topological polar surface area (TPSA) is 43.1 Å². The van der Waals surface area contributed by atoms with Crippen LogP contribution in [0.3, 0.4) is 0 Å². The Labute approximate surface area is 341 Å². The van der Waals surface area contributed by atoms with E-state index in [9.17, 15) is 0 Å². The van der Waals surface area contributed by atoms with E-state index in [0.717, 1.165) is 39.4 Å². The molecular formula is C55H34N4. The zero-order valence-electron chi connectivity index (χ0n) is 31.9. The molecule has 0 bridgehead atoms. The molecule has 0 radical (unpaired) electrons. The molecule has 59 heavy (non-hydrogen) atoms. The fourth-order valence-corrected chi connectivity index (χ4v) is 9.19. The van der Waals surface area contributed by atoms with Crippen LogP contribution in [-0.4, -0.2) is 19.4 Å². The van der Waals surface area contributed by atoms with Crippen LogP contribution >= 0.6 is 0 Å². The molecule has 12 rings (SSSR count). The molecule has 1 aliphatic rings. The lowest BCUT2D eigenvalue weighted by molar-refractivity contribution is 1.19. The van der Waals surface area contributed by atoms with E-state index in [1.54, 1.807) is 0 Å². The Morgan fingerprint density at radius 1 is 0.322 bits per heavy atom. The van der Waals surface area contributed by atoms with Crippen LogP contribution in [0.1, 0.15) is 0 Å². The number of rotatable bonds is 6. The van der Waals surface area contributed by atoms with Crippen molar-refractivity contribution in [2.24, 2.45) is 0 Å². The van der Waals surface area contributed by atoms with Crippen LogP contribution < -0.4 is 0 Å². The summed E-state index contributed by atoms with van der Waals surface area (Å²) in [6.07, 6.45) is 7.80. The molecule has 0 saturated carbocycles. The largest absolute Gasteiger partial charge is 0.306 e. The molecular weight excluding hydrogens is 717 g/mol. The lowest BCUT2D eigenvalue weighted by Crippen LogP contribution is -1.93. The standard InChI is InChI=1S/C55H34N4/c1-3-12-39(13-4-1)51-43-16-7-8-17-44(43)52(40-14-5-2-6-15-40)55-46-30-29-41(42-18-11-19-45(53(42)46)54(51)55)35-21-23-36(24-22-35)47-32-57-48(33-56-47)37-25-27-38(28-26-37)49-34-59-31-10-9-20-50(59)58-49/h1-34H. The third-order valence-corrected chi connectivity index (χ3v) is 11.9. The van der Waals surface area contributed by atoms with Crippen molar-refractivity contribution in [2.45, 2.75) is 0 Å². The molecule has 11 aromatic rings. The normalized spacial score (nSPS) is 11.7. The van der Waals surface area contributed by atoms with Gasteiger partial charge in [0.15, 0.2) is 0 Å². The summed E-state index contributed by atoms with van der Waals surface area (Å²) in [5, 5.41) is 5.10. The van der Waals surface area contributed by atoms with Gasteiger partial charge < -0.3 is 4.40 Å². The number of fused-ring (bicyclic) bond motifs is 5. The van der Waals surface area contributed by atoms with Gasteiger partial charge in [-0.15, -0.1) is 0 Å². The Morgan fingerprint density at radius 2 is 0.814 bits per heavy atom. The van der Waals surface area contributed by atoms with Crippen molar-refractivity contribution in [3.05, 3.63) is 207 Å². The minimum absolute atomic E-state index is 0.833. The van der Waals surface area contributed by atoms with Crippen LogP contribution in [0.15, 0.2) is 207 Å². The lowest BCUT2D eigenvalue weighted by Gasteiger charge is -2.20. The van der Waals surface area contributed by atoms with Crippen molar-refractivity contribution in [3.8, 4) is 89.4 Å². The van der Waals surface area contributed by atoms with Crippen LogP contribution in [0, 0.1) is 0 Å². The Morgan fingerprint density at radius 3 is 1.39 bits per heavy atom. The smallest absolute Gasteiger partial charge is 0.137 e. The molecule has 0 atom stereocenters. The number of pyridine rings is 1. The first-order valence-electron chi connectivity index (χ1n) is 20.0. The van der Waals surface area contributed by atoms with Crippen molar-refractivity contribution < 1.29 is 0 Å². The maximum Gasteiger partial charge on any atom is 0.137 e. The predicted octanol–water partition coefficient (Wildman–Crippen LogP) is 14.1. The molecule has 274 valence electrons. The van der Waals surface area contributed by atoms with E-state index in [-0.39, 0.29) is 0 Å². The minimum atomic E-state index is 0.833. The highest BCUT2D eigenvalue weighted by molar-refractivity contribution is 6.28. The molecule has 3 heterocycles. The molecule has 0 fully saturated rings. The maximum absolute atomic E-state index is 4.85. The average molecular weight is 751 g/mol. The van der Waals surface area contributed by atoms with Gasteiger partial charge in [0.2, 0.25) is 0 Å². The average Bonchev–Trinajstić information content (AvgIpc) is 3.90. The van der Waals surface area contributed by atoms with Crippen molar-refractivity contribution in [3.63, 3.8) is 0 Å². The predicted molar refractivity (Wildman–Crippen MR) is 243 cm³/mol. The maximum atomic E-state index is 4.85. The molecule has 4 nitrogen and oxygen atoms in total.